The molecule has 0 aliphatic carbocycles. The van der Waals surface area contributed by atoms with Crippen LogP contribution in [0.1, 0.15) is 5.56 Å². The van der Waals surface area contributed by atoms with Gasteiger partial charge in [0.1, 0.15) is 12.7 Å². The van der Waals surface area contributed by atoms with Crippen LogP contribution in [-0.4, -0.2) is 29.3 Å². The lowest BCUT2D eigenvalue weighted by atomic mass is 10.2. The maximum absolute atomic E-state index is 10.9. The van der Waals surface area contributed by atoms with Gasteiger partial charge in [-0.3, -0.25) is 10.1 Å². The average Bonchev–Trinajstić information content (AvgIpc) is 2.53. The van der Waals surface area contributed by atoms with Crippen molar-refractivity contribution in [2.45, 2.75) is 12.7 Å². The van der Waals surface area contributed by atoms with Gasteiger partial charge in [-0.2, -0.15) is 0 Å². The molecule has 0 spiro atoms. The Morgan fingerprint density at radius 1 is 1.17 bits per heavy atom. The number of aliphatic hydroxyl groups excluding tert-OH is 1. The molecule has 0 radical (unpaired) electrons. The van der Waals surface area contributed by atoms with Crippen LogP contribution in [0.25, 0.3) is 0 Å². The summed E-state index contributed by atoms with van der Waals surface area (Å²) in [5.41, 5.74) is 0.790. The van der Waals surface area contributed by atoms with E-state index in [4.69, 9.17) is 21.1 Å². The predicted molar refractivity (Wildman–Crippen MR) is 85.7 cm³/mol. The zero-order valence-electron chi connectivity index (χ0n) is 12.2. The molecule has 2 rings (SSSR count). The summed E-state index contributed by atoms with van der Waals surface area (Å²) in [4.78, 5) is 10.3. The third-order valence-corrected chi connectivity index (χ3v) is 3.21. The van der Waals surface area contributed by atoms with Crippen molar-refractivity contribution >= 4 is 17.3 Å². The molecule has 0 heterocycles. The lowest BCUT2D eigenvalue weighted by Gasteiger charge is -2.13. The summed E-state index contributed by atoms with van der Waals surface area (Å²) >= 11 is 5.80. The van der Waals surface area contributed by atoms with Crippen molar-refractivity contribution in [3.63, 3.8) is 0 Å². The number of rotatable bonds is 8. The largest absolute Gasteiger partial charge is 0.484 e. The van der Waals surface area contributed by atoms with Gasteiger partial charge in [0.05, 0.1) is 18.1 Å². The van der Waals surface area contributed by atoms with Gasteiger partial charge in [-0.05, 0) is 11.6 Å². The Bertz CT molecular complexity index is 650. The van der Waals surface area contributed by atoms with E-state index in [1.165, 1.54) is 18.2 Å². The van der Waals surface area contributed by atoms with Gasteiger partial charge >= 0.3 is 5.69 Å². The van der Waals surface area contributed by atoms with Crippen LogP contribution in [0.4, 0.5) is 5.69 Å². The van der Waals surface area contributed by atoms with E-state index < -0.39 is 11.0 Å². The fourth-order valence-electron chi connectivity index (χ4n) is 1.88. The Labute approximate surface area is 138 Å². The minimum absolute atomic E-state index is 0.0182. The second-order valence-electron chi connectivity index (χ2n) is 4.83. The Balaban J connectivity index is 1.81. The number of benzene rings is 2. The van der Waals surface area contributed by atoms with E-state index in [2.05, 4.69) is 0 Å². The fourth-order valence-corrected chi connectivity index (χ4v) is 2.04. The lowest BCUT2D eigenvalue weighted by molar-refractivity contribution is -0.385. The van der Waals surface area contributed by atoms with Crippen LogP contribution in [0.3, 0.4) is 0 Å². The molecule has 2 aromatic carbocycles. The van der Waals surface area contributed by atoms with E-state index in [1.807, 2.05) is 30.3 Å². The summed E-state index contributed by atoms with van der Waals surface area (Å²) in [6.07, 6.45) is -0.905. The summed E-state index contributed by atoms with van der Waals surface area (Å²) < 4.78 is 10.7. The molecule has 7 heteroatoms. The zero-order chi connectivity index (χ0) is 16.7. The quantitative estimate of drug-likeness (QED) is 0.591. The van der Waals surface area contributed by atoms with Gasteiger partial charge in [-0.1, -0.05) is 41.9 Å². The summed E-state index contributed by atoms with van der Waals surface area (Å²) in [7, 11) is 0. The SMILES string of the molecule is O=[N+]([O-])c1ccc(Cl)cc1OCC(O)COCc1ccccc1. The zero-order valence-corrected chi connectivity index (χ0v) is 13.0. The smallest absolute Gasteiger partial charge is 0.311 e. The van der Waals surface area contributed by atoms with Gasteiger partial charge in [0.2, 0.25) is 0 Å². The first-order chi connectivity index (χ1) is 11.1. The lowest BCUT2D eigenvalue weighted by Crippen LogP contribution is -2.23. The summed E-state index contributed by atoms with van der Waals surface area (Å²) in [5.74, 6) is 0.0182. The van der Waals surface area contributed by atoms with E-state index in [0.717, 1.165) is 5.56 Å². The monoisotopic (exact) mass is 337 g/mol. The Kier molecular flexibility index (Phi) is 6.34. The van der Waals surface area contributed by atoms with E-state index in [0.29, 0.717) is 11.6 Å². The van der Waals surface area contributed by atoms with Gasteiger partial charge in [0.25, 0.3) is 0 Å². The molecule has 2 aromatic rings. The van der Waals surface area contributed by atoms with Gasteiger partial charge in [0.15, 0.2) is 5.75 Å². The highest BCUT2D eigenvalue weighted by molar-refractivity contribution is 6.30. The van der Waals surface area contributed by atoms with Crippen molar-refractivity contribution in [1.82, 2.24) is 0 Å². The molecule has 1 N–H and O–H groups in total. The van der Waals surface area contributed by atoms with Crippen LogP contribution in [0.5, 0.6) is 5.75 Å². The van der Waals surface area contributed by atoms with Crippen LogP contribution < -0.4 is 4.74 Å². The molecule has 23 heavy (non-hydrogen) atoms. The first kappa shape index (κ1) is 17.2. The maximum Gasteiger partial charge on any atom is 0.311 e. The van der Waals surface area contributed by atoms with E-state index in [9.17, 15) is 15.2 Å². The van der Waals surface area contributed by atoms with Crippen molar-refractivity contribution in [3.8, 4) is 5.75 Å². The number of halogens is 1. The molecule has 0 aliphatic heterocycles. The molecule has 0 aliphatic rings. The Hall–Kier alpha value is -2.15. The topological polar surface area (TPSA) is 81.8 Å². The molecule has 0 bridgehead atoms. The Morgan fingerprint density at radius 3 is 2.61 bits per heavy atom. The van der Waals surface area contributed by atoms with Crippen molar-refractivity contribution < 1.29 is 19.5 Å². The third-order valence-electron chi connectivity index (χ3n) is 2.97. The molecule has 0 saturated carbocycles. The molecule has 122 valence electrons. The summed E-state index contributed by atoms with van der Waals surface area (Å²) in [6.45, 7) is 0.300. The van der Waals surface area contributed by atoms with Crippen LogP contribution in [-0.2, 0) is 11.3 Å². The van der Waals surface area contributed by atoms with Crippen LogP contribution >= 0.6 is 11.6 Å². The highest BCUT2D eigenvalue weighted by atomic mass is 35.5. The Morgan fingerprint density at radius 2 is 1.91 bits per heavy atom. The number of nitro groups is 1. The number of hydrogen-bond donors (Lipinski definition) is 1. The normalized spacial score (nSPS) is 11.9. The first-order valence-corrected chi connectivity index (χ1v) is 7.30. The molecule has 1 unspecified atom stereocenters. The number of nitro benzene ring substituents is 1. The van der Waals surface area contributed by atoms with Crippen LogP contribution in [0.2, 0.25) is 5.02 Å². The minimum Gasteiger partial charge on any atom is -0.484 e. The number of nitrogens with zero attached hydrogens (tertiary/aromatic N) is 1. The molecular weight excluding hydrogens is 322 g/mol. The van der Waals surface area contributed by atoms with E-state index >= 15 is 0 Å². The summed E-state index contributed by atoms with van der Waals surface area (Å²) in [5, 5.41) is 21.1. The fraction of sp³-hybridized carbons (Fsp3) is 0.250. The average molecular weight is 338 g/mol. The molecule has 0 saturated heterocycles. The number of aliphatic hydroxyl groups is 1. The second kappa shape index (κ2) is 8.47. The molecular formula is C16H16ClNO5. The molecule has 0 fully saturated rings. The standard InChI is InChI=1S/C16H16ClNO5/c17-13-6-7-15(18(20)21)16(8-13)23-11-14(19)10-22-9-12-4-2-1-3-5-12/h1-8,14,19H,9-11H2. The van der Waals surface area contributed by atoms with Gasteiger partial charge in [-0.15, -0.1) is 0 Å². The summed E-state index contributed by atoms with van der Waals surface area (Å²) in [6, 6.07) is 13.5. The van der Waals surface area contributed by atoms with Crippen molar-refractivity contribution in [3.05, 3.63) is 69.2 Å². The first-order valence-electron chi connectivity index (χ1n) is 6.92. The predicted octanol–water partition coefficient (Wildman–Crippen LogP) is 3.20. The van der Waals surface area contributed by atoms with Gasteiger partial charge in [-0.25, -0.2) is 0 Å². The van der Waals surface area contributed by atoms with E-state index in [-0.39, 0.29) is 24.7 Å². The van der Waals surface area contributed by atoms with Crippen molar-refractivity contribution in [2.24, 2.45) is 0 Å². The number of hydrogen-bond acceptors (Lipinski definition) is 5. The second-order valence-corrected chi connectivity index (χ2v) is 5.27. The van der Waals surface area contributed by atoms with Crippen LogP contribution in [0.15, 0.2) is 48.5 Å². The van der Waals surface area contributed by atoms with Gasteiger partial charge in [0, 0.05) is 17.2 Å². The minimum atomic E-state index is -0.905. The van der Waals surface area contributed by atoms with Gasteiger partial charge < -0.3 is 14.6 Å². The maximum atomic E-state index is 10.9. The van der Waals surface area contributed by atoms with Crippen molar-refractivity contribution in [1.29, 1.82) is 0 Å². The van der Waals surface area contributed by atoms with Crippen molar-refractivity contribution in [2.75, 3.05) is 13.2 Å². The molecule has 0 aromatic heterocycles. The number of ether oxygens (including phenoxy) is 2. The highest BCUT2D eigenvalue weighted by Gasteiger charge is 2.16. The highest BCUT2D eigenvalue weighted by Crippen LogP contribution is 2.29. The molecule has 1 atom stereocenters. The van der Waals surface area contributed by atoms with E-state index in [1.54, 1.807) is 0 Å². The molecule has 6 nitrogen and oxygen atoms in total. The third kappa shape index (κ3) is 5.52. The van der Waals surface area contributed by atoms with Crippen LogP contribution in [0, 0.1) is 10.1 Å². The molecule has 0 amide bonds.